The average molecular weight is 232 g/mol. The molecule has 0 amide bonds. The van der Waals surface area contributed by atoms with Crippen molar-refractivity contribution < 1.29 is 19.4 Å². The molecule has 0 saturated carbocycles. The van der Waals surface area contributed by atoms with Crippen LogP contribution in [0.5, 0.6) is 11.5 Å². The first kappa shape index (κ1) is 11.5. The normalized spacial score (nSPS) is 9.80. The van der Waals surface area contributed by atoms with Gasteiger partial charge in [0.1, 0.15) is 10.6 Å². The molecule has 0 heterocycles. The van der Waals surface area contributed by atoms with E-state index in [2.05, 4.69) is 0 Å². The van der Waals surface area contributed by atoms with Gasteiger partial charge in [0.25, 0.3) is 0 Å². The van der Waals surface area contributed by atoms with Crippen LogP contribution in [0.25, 0.3) is 0 Å². The van der Waals surface area contributed by atoms with Gasteiger partial charge in [0, 0.05) is 6.07 Å². The third kappa shape index (κ3) is 1.92. The van der Waals surface area contributed by atoms with E-state index < -0.39 is 5.97 Å². The quantitative estimate of drug-likeness (QED) is 0.773. The first-order valence-electron chi connectivity index (χ1n) is 3.96. The Balaban J connectivity index is 3.51. The Morgan fingerprint density at radius 1 is 1.47 bits per heavy atom. The van der Waals surface area contributed by atoms with Crippen LogP contribution in [-0.2, 0) is 0 Å². The smallest absolute Gasteiger partial charge is 0.339 e. The fourth-order valence-electron chi connectivity index (χ4n) is 1.19. The van der Waals surface area contributed by atoms with Gasteiger partial charge in [0.2, 0.25) is 0 Å². The highest BCUT2D eigenvalue weighted by Crippen LogP contribution is 2.40. The number of carbonyl (C=O) groups is 1. The Bertz CT molecular complexity index is 406. The number of anilines is 1. The molecule has 82 valence electrons. The van der Waals surface area contributed by atoms with Gasteiger partial charge < -0.3 is 20.3 Å². The third-order valence-electron chi connectivity index (χ3n) is 1.86. The molecule has 0 fully saturated rings. The van der Waals surface area contributed by atoms with Crippen molar-refractivity contribution in [3.05, 3.63) is 16.7 Å². The molecule has 6 heteroatoms. The number of aromatic carboxylic acids is 1. The number of halogens is 1. The first-order chi connectivity index (χ1) is 7.02. The Morgan fingerprint density at radius 2 is 2.07 bits per heavy atom. The van der Waals surface area contributed by atoms with Gasteiger partial charge in [-0.05, 0) is 0 Å². The maximum atomic E-state index is 10.8. The largest absolute Gasteiger partial charge is 0.493 e. The second kappa shape index (κ2) is 4.27. The lowest BCUT2D eigenvalue weighted by atomic mass is 10.1. The monoisotopic (exact) mass is 231 g/mol. The summed E-state index contributed by atoms with van der Waals surface area (Å²) in [6.07, 6.45) is 0. The summed E-state index contributed by atoms with van der Waals surface area (Å²) in [5, 5.41) is 8.80. The minimum absolute atomic E-state index is 0.0325. The number of rotatable bonds is 3. The Hall–Kier alpha value is -1.62. The van der Waals surface area contributed by atoms with E-state index in [4.69, 9.17) is 31.9 Å². The number of nitrogens with two attached hydrogens (primary N) is 1. The molecule has 3 N–H and O–H groups in total. The molecule has 5 nitrogen and oxygen atoms in total. The molecule has 0 aliphatic heterocycles. The zero-order valence-corrected chi connectivity index (χ0v) is 8.96. The molecular weight excluding hydrogens is 222 g/mol. The molecule has 0 aliphatic rings. The summed E-state index contributed by atoms with van der Waals surface area (Å²) in [6, 6.07) is 1.36. The summed E-state index contributed by atoms with van der Waals surface area (Å²) < 4.78 is 9.89. The first-order valence-corrected chi connectivity index (χ1v) is 4.34. The van der Waals surface area contributed by atoms with E-state index in [1.54, 1.807) is 0 Å². The second-order valence-corrected chi connectivity index (χ2v) is 3.07. The van der Waals surface area contributed by atoms with Crippen molar-refractivity contribution in [2.75, 3.05) is 20.0 Å². The molecule has 0 saturated heterocycles. The van der Waals surface area contributed by atoms with E-state index in [0.29, 0.717) is 5.75 Å². The van der Waals surface area contributed by atoms with E-state index in [0.717, 1.165) is 0 Å². The number of hydrogen-bond acceptors (Lipinski definition) is 4. The van der Waals surface area contributed by atoms with Crippen molar-refractivity contribution in [2.45, 2.75) is 0 Å². The maximum absolute atomic E-state index is 10.8. The van der Waals surface area contributed by atoms with Crippen LogP contribution < -0.4 is 15.2 Å². The summed E-state index contributed by atoms with van der Waals surface area (Å²) in [4.78, 5) is 10.8. The molecule has 1 rings (SSSR count). The van der Waals surface area contributed by atoms with Gasteiger partial charge in [-0.25, -0.2) is 4.79 Å². The van der Waals surface area contributed by atoms with E-state index in [-0.39, 0.29) is 22.0 Å². The SMILES string of the molecule is COc1cc(N)c(C(=O)O)c(Cl)c1OC. The van der Waals surface area contributed by atoms with Crippen molar-refractivity contribution in [3.63, 3.8) is 0 Å². The number of methoxy groups -OCH3 is 2. The highest BCUT2D eigenvalue weighted by atomic mass is 35.5. The van der Waals surface area contributed by atoms with Crippen LogP contribution in [0.2, 0.25) is 5.02 Å². The predicted molar refractivity (Wildman–Crippen MR) is 55.9 cm³/mol. The fourth-order valence-corrected chi connectivity index (χ4v) is 1.55. The van der Waals surface area contributed by atoms with Crippen LogP contribution >= 0.6 is 11.6 Å². The summed E-state index contributed by atoms with van der Waals surface area (Å²) in [5.74, 6) is -0.755. The fraction of sp³-hybridized carbons (Fsp3) is 0.222. The molecule has 0 aromatic heterocycles. The minimum atomic E-state index is -1.21. The zero-order valence-electron chi connectivity index (χ0n) is 8.20. The number of carboxylic acid groups (broad SMARTS) is 1. The summed E-state index contributed by atoms with van der Waals surface area (Å²) in [6.45, 7) is 0. The topological polar surface area (TPSA) is 81.8 Å². The van der Waals surface area contributed by atoms with Crippen LogP contribution in [0.1, 0.15) is 10.4 Å². The van der Waals surface area contributed by atoms with Gasteiger partial charge in [-0.15, -0.1) is 0 Å². The van der Waals surface area contributed by atoms with Gasteiger partial charge in [0.15, 0.2) is 11.5 Å². The molecule has 15 heavy (non-hydrogen) atoms. The van der Waals surface area contributed by atoms with Crippen LogP contribution in [0.3, 0.4) is 0 Å². The number of hydrogen-bond donors (Lipinski definition) is 2. The number of nitrogen functional groups attached to an aromatic ring is 1. The third-order valence-corrected chi connectivity index (χ3v) is 2.22. The van der Waals surface area contributed by atoms with Crippen molar-refractivity contribution >= 4 is 23.3 Å². The Kier molecular flexibility index (Phi) is 3.26. The zero-order chi connectivity index (χ0) is 11.6. The highest BCUT2D eigenvalue weighted by molar-refractivity contribution is 6.36. The lowest BCUT2D eigenvalue weighted by Gasteiger charge is -2.12. The van der Waals surface area contributed by atoms with Gasteiger partial charge in [-0.2, -0.15) is 0 Å². The van der Waals surface area contributed by atoms with E-state index in [1.165, 1.54) is 20.3 Å². The number of carboxylic acids is 1. The summed E-state index contributed by atoms with van der Waals surface area (Å²) in [5.41, 5.74) is 5.37. The predicted octanol–water partition coefficient (Wildman–Crippen LogP) is 1.64. The van der Waals surface area contributed by atoms with Crippen molar-refractivity contribution in [3.8, 4) is 11.5 Å². The molecule has 0 bridgehead atoms. The highest BCUT2D eigenvalue weighted by Gasteiger charge is 2.21. The second-order valence-electron chi connectivity index (χ2n) is 2.70. The van der Waals surface area contributed by atoms with Crippen LogP contribution in [0, 0.1) is 0 Å². The molecule has 1 aromatic carbocycles. The lowest BCUT2D eigenvalue weighted by Crippen LogP contribution is -2.05. The van der Waals surface area contributed by atoms with Crippen LogP contribution in [0.4, 0.5) is 5.69 Å². The summed E-state index contributed by atoms with van der Waals surface area (Å²) >= 11 is 5.83. The number of benzene rings is 1. The molecule has 0 aliphatic carbocycles. The van der Waals surface area contributed by atoms with Gasteiger partial charge in [-0.3, -0.25) is 0 Å². The molecule has 0 radical (unpaired) electrons. The van der Waals surface area contributed by atoms with Gasteiger partial charge in [0.05, 0.1) is 19.9 Å². The van der Waals surface area contributed by atoms with Crippen molar-refractivity contribution in [2.24, 2.45) is 0 Å². The standard InChI is InChI=1S/C9H10ClNO4/c1-14-5-3-4(11)6(9(12)13)7(10)8(5)15-2/h3H,11H2,1-2H3,(H,12,13). The average Bonchev–Trinajstić information content (AvgIpc) is 2.16. The van der Waals surface area contributed by atoms with E-state index >= 15 is 0 Å². The minimum Gasteiger partial charge on any atom is -0.493 e. The maximum Gasteiger partial charge on any atom is 0.339 e. The molecule has 0 unspecified atom stereocenters. The lowest BCUT2D eigenvalue weighted by molar-refractivity contribution is 0.0698. The number of ether oxygens (including phenoxy) is 2. The van der Waals surface area contributed by atoms with Gasteiger partial charge in [-0.1, -0.05) is 11.6 Å². The Labute approximate surface area is 91.4 Å². The van der Waals surface area contributed by atoms with Crippen LogP contribution in [-0.4, -0.2) is 25.3 Å². The van der Waals surface area contributed by atoms with Crippen molar-refractivity contribution in [1.82, 2.24) is 0 Å². The van der Waals surface area contributed by atoms with Crippen molar-refractivity contribution in [1.29, 1.82) is 0 Å². The molecule has 0 atom stereocenters. The molecule has 1 aromatic rings. The Morgan fingerprint density at radius 3 is 2.47 bits per heavy atom. The van der Waals surface area contributed by atoms with Crippen LogP contribution in [0.15, 0.2) is 6.07 Å². The summed E-state index contributed by atoms with van der Waals surface area (Å²) in [7, 11) is 2.78. The van der Waals surface area contributed by atoms with E-state index in [1.807, 2.05) is 0 Å². The van der Waals surface area contributed by atoms with Gasteiger partial charge >= 0.3 is 5.97 Å². The van der Waals surface area contributed by atoms with E-state index in [9.17, 15) is 4.79 Å². The molecule has 0 spiro atoms. The molecular formula is C9H10ClNO4.